The van der Waals surface area contributed by atoms with Crippen LogP contribution >= 0.6 is 0 Å². The lowest BCUT2D eigenvalue weighted by Crippen LogP contribution is -2.46. The van der Waals surface area contributed by atoms with Crippen LogP contribution in [0.3, 0.4) is 0 Å². The second-order valence-electron chi connectivity index (χ2n) is 4.60. The molecule has 0 bridgehead atoms. The average molecular weight is 262 g/mol. The van der Waals surface area contributed by atoms with Crippen LogP contribution in [0.5, 0.6) is 0 Å². The predicted octanol–water partition coefficient (Wildman–Crippen LogP) is 1.13. The van der Waals surface area contributed by atoms with Crippen LogP contribution in [0, 0.1) is 11.3 Å². The zero-order valence-electron chi connectivity index (χ0n) is 11.3. The highest BCUT2D eigenvalue weighted by atomic mass is 16.5. The zero-order chi connectivity index (χ0) is 14.5. The number of esters is 1. The van der Waals surface area contributed by atoms with Crippen molar-refractivity contribution < 1.29 is 14.6 Å². The predicted molar refractivity (Wildman–Crippen MR) is 70.2 cm³/mol. The molecule has 1 aromatic rings. The molecule has 0 fully saturated rings. The Labute approximate surface area is 112 Å². The molecule has 0 amide bonds. The van der Waals surface area contributed by atoms with Gasteiger partial charge in [-0.15, -0.1) is 0 Å². The number of benzene rings is 1. The molecule has 0 spiro atoms. The summed E-state index contributed by atoms with van der Waals surface area (Å²) >= 11 is 0. The maximum Gasteiger partial charge on any atom is 0.338 e. The van der Waals surface area contributed by atoms with Crippen molar-refractivity contribution >= 4 is 5.97 Å². The van der Waals surface area contributed by atoms with E-state index in [0.717, 1.165) is 5.56 Å². The van der Waals surface area contributed by atoms with E-state index in [2.05, 4.69) is 16.1 Å². The Morgan fingerprint density at radius 3 is 2.58 bits per heavy atom. The van der Waals surface area contributed by atoms with E-state index in [9.17, 15) is 9.90 Å². The van der Waals surface area contributed by atoms with Crippen LogP contribution in [0.15, 0.2) is 24.3 Å². The van der Waals surface area contributed by atoms with Crippen molar-refractivity contribution in [2.45, 2.75) is 25.5 Å². The number of nitrogens with one attached hydrogen (secondary N) is 1. The Hall–Kier alpha value is -1.90. The van der Waals surface area contributed by atoms with Crippen molar-refractivity contribution in [1.82, 2.24) is 5.32 Å². The van der Waals surface area contributed by atoms with Crippen molar-refractivity contribution in [1.29, 1.82) is 5.26 Å². The summed E-state index contributed by atoms with van der Waals surface area (Å²) in [4.78, 5) is 11.3. The maximum absolute atomic E-state index is 11.3. The summed E-state index contributed by atoms with van der Waals surface area (Å²) in [6.07, 6.45) is 0. The minimum Gasteiger partial charge on any atom is -0.467 e. The van der Waals surface area contributed by atoms with Crippen molar-refractivity contribution in [2.75, 3.05) is 13.7 Å². The summed E-state index contributed by atoms with van der Waals surface area (Å²) in [6.45, 7) is 3.40. The standard InChI is InChI=1S/C14H18N2O3/c1-10(12-6-4-11(8-15)5-7-12)16-9-14(2,18)13(17)19-3/h4-7,10,16,18H,9H2,1-3H3. The third-order valence-corrected chi connectivity index (χ3v) is 2.92. The van der Waals surface area contributed by atoms with Gasteiger partial charge in [0.2, 0.25) is 0 Å². The first-order valence-electron chi connectivity index (χ1n) is 5.95. The molecule has 0 aliphatic rings. The van der Waals surface area contributed by atoms with Crippen LogP contribution in [-0.2, 0) is 9.53 Å². The topological polar surface area (TPSA) is 82.3 Å². The third-order valence-electron chi connectivity index (χ3n) is 2.92. The molecule has 0 aliphatic heterocycles. The first kappa shape index (κ1) is 15.2. The van der Waals surface area contributed by atoms with Gasteiger partial charge >= 0.3 is 5.97 Å². The average Bonchev–Trinajstić information content (AvgIpc) is 2.43. The van der Waals surface area contributed by atoms with Crippen molar-refractivity contribution in [3.05, 3.63) is 35.4 Å². The number of carbonyl (C=O) groups is 1. The highest BCUT2D eigenvalue weighted by molar-refractivity contribution is 5.78. The van der Waals surface area contributed by atoms with Crippen molar-refractivity contribution in [3.8, 4) is 6.07 Å². The molecule has 2 N–H and O–H groups in total. The van der Waals surface area contributed by atoms with Gasteiger partial charge in [-0.3, -0.25) is 0 Å². The van der Waals surface area contributed by atoms with Gasteiger partial charge in [-0.2, -0.15) is 5.26 Å². The molecular weight excluding hydrogens is 244 g/mol. The molecule has 1 aromatic carbocycles. The summed E-state index contributed by atoms with van der Waals surface area (Å²) in [7, 11) is 1.24. The molecule has 0 aliphatic carbocycles. The van der Waals surface area contributed by atoms with Crippen LogP contribution in [0.1, 0.15) is 31.0 Å². The lowest BCUT2D eigenvalue weighted by Gasteiger charge is -2.23. The second-order valence-corrected chi connectivity index (χ2v) is 4.60. The maximum atomic E-state index is 11.3. The number of nitriles is 1. The number of ether oxygens (including phenoxy) is 1. The largest absolute Gasteiger partial charge is 0.467 e. The van der Waals surface area contributed by atoms with E-state index >= 15 is 0 Å². The number of methoxy groups -OCH3 is 1. The summed E-state index contributed by atoms with van der Waals surface area (Å²) < 4.78 is 4.52. The number of hydrogen-bond acceptors (Lipinski definition) is 5. The first-order valence-corrected chi connectivity index (χ1v) is 5.95. The molecule has 0 saturated heterocycles. The minimum atomic E-state index is -1.56. The Balaban J connectivity index is 2.62. The van der Waals surface area contributed by atoms with Crippen LogP contribution < -0.4 is 5.32 Å². The molecule has 2 atom stereocenters. The minimum absolute atomic E-state index is 0.0520. The van der Waals surface area contributed by atoms with Gasteiger partial charge < -0.3 is 15.2 Å². The van der Waals surface area contributed by atoms with Gasteiger partial charge in [0.25, 0.3) is 0 Å². The molecule has 0 heterocycles. The van der Waals surface area contributed by atoms with Gasteiger partial charge in [-0.05, 0) is 31.5 Å². The highest BCUT2D eigenvalue weighted by Gasteiger charge is 2.31. The van der Waals surface area contributed by atoms with E-state index in [1.165, 1.54) is 14.0 Å². The highest BCUT2D eigenvalue weighted by Crippen LogP contribution is 2.14. The van der Waals surface area contributed by atoms with Crippen LogP contribution in [0.4, 0.5) is 0 Å². The smallest absolute Gasteiger partial charge is 0.338 e. The normalized spacial score (nSPS) is 15.1. The monoisotopic (exact) mass is 262 g/mol. The van der Waals surface area contributed by atoms with E-state index in [-0.39, 0.29) is 12.6 Å². The van der Waals surface area contributed by atoms with Gasteiger partial charge in [0.15, 0.2) is 5.60 Å². The fourth-order valence-corrected chi connectivity index (χ4v) is 1.61. The number of rotatable bonds is 5. The van der Waals surface area contributed by atoms with Crippen molar-refractivity contribution in [3.63, 3.8) is 0 Å². The number of hydrogen-bond donors (Lipinski definition) is 2. The molecule has 102 valence electrons. The summed E-state index contributed by atoms with van der Waals surface area (Å²) in [5.74, 6) is -0.674. The zero-order valence-corrected chi connectivity index (χ0v) is 11.3. The third kappa shape index (κ3) is 4.05. The lowest BCUT2D eigenvalue weighted by atomic mass is 10.0. The molecule has 5 nitrogen and oxygen atoms in total. The summed E-state index contributed by atoms with van der Waals surface area (Å²) in [6, 6.07) is 9.13. The summed E-state index contributed by atoms with van der Waals surface area (Å²) in [5, 5.41) is 21.7. The van der Waals surface area contributed by atoms with Crippen LogP contribution in [-0.4, -0.2) is 30.3 Å². The van der Waals surface area contributed by atoms with E-state index in [0.29, 0.717) is 5.56 Å². The Bertz CT molecular complexity index is 474. The van der Waals surface area contributed by atoms with Gasteiger partial charge in [-0.1, -0.05) is 12.1 Å². The van der Waals surface area contributed by atoms with Gasteiger partial charge in [-0.25, -0.2) is 4.79 Å². The molecule has 2 unspecified atom stereocenters. The lowest BCUT2D eigenvalue weighted by molar-refractivity contribution is -0.160. The molecular formula is C14H18N2O3. The fourth-order valence-electron chi connectivity index (χ4n) is 1.61. The fraction of sp³-hybridized carbons (Fsp3) is 0.429. The van der Waals surface area contributed by atoms with Crippen LogP contribution in [0.2, 0.25) is 0 Å². The van der Waals surface area contributed by atoms with E-state index < -0.39 is 11.6 Å². The molecule has 5 heteroatoms. The first-order chi connectivity index (χ1) is 8.90. The number of carbonyl (C=O) groups excluding carboxylic acids is 1. The van der Waals surface area contributed by atoms with Crippen LogP contribution in [0.25, 0.3) is 0 Å². The second kappa shape index (κ2) is 6.32. The molecule has 0 aromatic heterocycles. The van der Waals surface area contributed by atoms with E-state index in [1.807, 2.05) is 19.1 Å². The number of nitrogens with zero attached hydrogens (tertiary/aromatic N) is 1. The van der Waals surface area contributed by atoms with Crippen molar-refractivity contribution in [2.24, 2.45) is 0 Å². The molecule has 0 radical (unpaired) electrons. The Morgan fingerprint density at radius 2 is 2.11 bits per heavy atom. The molecule has 19 heavy (non-hydrogen) atoms. The summed E-state index contributed by atoms with van der Waals surface area (Å²) in [5.41, 5.74) is 0.00691. The quantitative estimate of drug-likeness (QED) is 0.777. The molecule has 0 saturated carbocycles. The molecule has 1 rings (SSSR count). The number of aliphatic hydroxyl groups is 1. The van der Waals surface area contributed by atoms with E-state index in [1.54, 1.807) is 12.1 Å². The Morgan fingerprint density at radius 1 is 1.53 bits per heavy atom. The van der Waals surface area contributed by atoms with E-state index in [4.69, 9.17) is 5.26 Å². The Kier molecular flexibility index (Phi) is 5.04. The van der Waals surface area contributed by atoms with Gasteiger partial charge in [0, 0.05) is 12.6 Å². The SMILES string of the molecule is COC(=O)C(C)(O)CNC(C)c1ccc(C#N)cc1. The van der Waals surface area contributed by atoms with Gasteiger partial charge in [0.05, 0.1) is 18.7 Å². The van der Waals surface area contributed by atoms with Gasteiger partial charge in [0.1, 0.15) is 0 Å².